The van der Waals surface area contributed by atoms with E-state index in [-0.39, 0.29) is 23.7 Å². The summed E-state index contributed by atoms with van der Waals surface area (Å²) in [7, 11) is 0. The van der Waals surface area contributed by atoms with E-state index in [1.54, 1.807) is 0 Å². The highest BCUT2D eigenvalue weighted by Crippen LogP contribution is 2.21. The summed E-state index contributed by atoms with van der Waals surface area (Å²) in [5, 5.41) is 3.00. The molecular formula is C16H30N2O2. The van der Waals surface area contributed by atoms with Gasteiger partial charge in [0, 0.05) is 31.5 Å². The molecule has 0 radical (unpaired) electrons. The highest BCUT2D eigenvalue weighted by atomic mass is 16.2. The van der Waals surface area contributed by atoms with Crippen molar-refractivity contribution in [1.82, 2.24) is 10.2 Å². The largest absolute Gasteiger partial charge is 0.356 e. The molecule has 1 saturated heterocycles. The third-order valence-electron chi connectivity index (χ3n) is 4.34. The molecule has 1 N–H and O–H groups in total. The third-order valence-corrected chi connectivity index (χ3v) is 4.34. The molecule has 0 bridgehead atoms. The first-order valence-electron chi connectivity index (χ1n) is 8.20. The lowest BCUT2D eigenvalue weighted by atomic mass is 9.93. The molecule has 1 aliphatic rings. The van der Waals surface area contributed by atoms with Gasteiger partial charge in [-0.2, -0.15) is 0 Å². The van der Waals surface area contributed by atoms with E-state index in [0.717, 1.165) is 58.2 Å². The molecule has 4 heteroatoms. The molecule has 0 aromatic carbocycles. The van der Waals surface area contributed by atoms with E-state index in [1.165, 1.54) is 0 Å². The maximum Gasteiger partial charge on any atom is 0.225 e. The maximum absolute atomic E-state index is 12.3. The molecule has 0 unspecified atom stereocenters. The summed E-state index contributed by atoms with van der Waals surface area (Å²) >= 11 is 0. The Morgan fingerprint density at radius 2 is 1.75 bits per heavy atom. The normalized spacial score (nSPS) is 16.5. The Bertz CT molecular complexity index is 306. The molecule has 0 spiro atoms. The van der Waals surface area contributed by atoms with E-state index in [0.29, 0.717) is 0 Å². The monoisotopic (exact) mass is 282 g/mol. The van der Waals surface area contributed by atoms with Gasteiger partial charge in [0.15, 0.2) is 0 Å². The van der Waals surface area contributed by atoms with Gasteiger partial charge in [-0.05, 0) is 32.1 Å². The molecule has 0 aromatic heterocycles. The van der Waals surface area contributed by atoms with Crippen LogP contribution >= 0.6 is 0 Å². The molecule has 116 valence electrons. The first-order valence-corrected chi connectivity index (χ1v) is 8.20. The summed E-state index contributed by atoms with van der Waals surface area (Å²) in [6.45, 7) is 8.51. The summed E-state index contributed by atoms with van der Waals surface area (Å²) in [4.78, 5) is 26.2. The zero-order valence-corrected chi connectivity index (χ0v) is 13.3. The zero-order chi connectivity index (χ0) is 15.0. The summed E-state index contributed by atoms with van der Waals surface area (Å²) in [5.41, 5.74) is 0. The average molecular weight is 282 g/mol. The van der Waals surface area contributed by atoms with Crippen LogP contribution in [0, 0.1) is 11.8 Å². The van der Waals surface area contributed by atoms with Gasteiger partial charge in [0.1, 0.15) is 0 Å². The van der Waals surface area contributed by atoms with E-state index in [1.807, 2.05) is 4.90 Å². The van der Waals surface area contributed by atoms with Crippen molar-refractivity contribution < 1.29 is 9.59 Å². The number of nitrogens with zero attached hydrogens (tertiary/aromatic N) is 1. The van der Waals surface area contributed by atoms with Gasteiger partial charge >= 0.3 is 0 Å². The number of amides is 2. The molecule has 2 amide bonds. The number of piperidine rings is 1. The second-order valence-corrected chi connectivity index (χ2v) is 5.76. The Morgan fingerprint density at radius 3 is 2.25 bits per heavy atom. The van der Waals surface area contributed by atoms with Crippen molar-refractivity contribution in [2.45, 2.75) is 59.3 Å². The maximum atomic E-state index is 12.3. The van der Waals surface area contributed by atoms with Crippen molar-refractivity contribution in [3.05, 3.63) is 0 Å². The van der Waals surface area contributed by atoms with Crippen LogP contribution in [0.4, 0.5) is 0 Å². The van der Waals surface area contributed by atoms with Gasteiger partial charge in [-0.15, -0.1) is 0 Å². The van der Waals surface area contributed by atoms with Crippen LogP contribution in [0.1, 0.15) is 59.3 Å². The van der Waals surface area contributed by atoms with Crippen LogP contribution in [-0.2, 0) is 9.59 Å². The van der Waals surface area contributed by atoms with Crippen LogP contribution in [-0.4, -0.2) is 36.3 Å². The summed E-state index contributed by atoms with van der Waals surface area (Å²) < 4.78 is 0. The zero-order valence-electron chi connectivity index (χ0n) is 13.3. The van der Waals surface area contributed by atoms with E-state index in [2.05, 4.69) is 26.1 Å². The van der Waals surface area contributed by atoms with Gasteiger partial charge in [0.05, 0.1) is 0 Å². The number of likely N-dealkylation sites (tertiary alicyclic amines) is 1. The van der Waals surface area contributed by atoms with Crippen LogP contribution in [0.3, 0.4) is 0 Å². The summed E-state index contributed by atoms with van der Waals surface area (Å²) in [5.74, 6) is 0.704. The minimum atomic E-state index is 0.0950. The average Bonchev–Trinajstić information content (AvgIpc) is 2.48. The predicted octanol–water partition coefficient (Wildman–Crippen LogP) is 2.58. The van der Waals surface area contributed by atoms with Crippen LogP contribution in [0.5, 0.6) is 0 Å². The first kappa shape index (κ1) is 17.0. The quantitative estimate of drug-likeness (QED) is 0.730. The van der Waals surface area contributed by atoms with Crippen LogP contribution in [0.2, 0.25) is 0 Å². The van der Waals surface area contributed by atoms with E-state index >= 15 is 0 Å². The van der Waals surface area contributed by atoms with Gasteiger partial charge < -0.3 is 10.2 Å². The summed E-state index contributed by atoms with van der Waals surface area (Å²) in [6, 6.07) is 0. The molecule has 1 rings (SSSR count). The molecule has 0 aliphatic carbocycles. The third kappa shape index (κ3) is 4.80. The minimum Gasteiger partial charge on any atom is -0.356 e. The second kappa shape index (κ2) is 8.98. The van der Waals surface area contributed by atoms with Crippen molar-refractivity contribution in [2.24, 2.45) is 11.8 Å². The smallest absolute Gasteiger partial charge is 0.225 e. The van der Waals surface area contributed by atoms with Crippen LogP contribution in [0.15, 0.2) is 0 Å². The Kier molecular flexibility index (Phi) is 7.63. The second-order valence-electron chi connectivity index (χ2n) is 5.76. The number of hydrogen-bond donors (Lipinski definition) is 1. The molecule has 1 fully saturated rings. The SMILES string of the molecule is CCCCNC(=O)C1CCN(C(=O)C(CC)CC)CC1. The number of nitrogens with one attached hydrogen (secondary N) is 1. The van der Waals surface area contributed by atoms with Crippen molar-refractivity contribution in [1.29, 1.82) is 0 Å². The van der Waals surface area contributed by atoms with Crippen LogP contribution in [0.25, 0.3) is 0 Å². The van der Waals surface area contributed by atoms with Crippen molar-refractivity contribution >= 4 is 11.8 Å². The number of carbonyl (C=O) groups excluding carboxylic acids is 2. The lowest BCUT2D eigenvalue weighted by Gasteiger charge is -2.33. The Labute approximate surface area is 123 Å². The molecule has 0 atom stereocenters. The molecule has 4 nitrogen and oxygen atoms in total. The molecule has 0 saturated carbocycles. The van der Waals surface area contributed by atoms with Gasteiger partial charge in [-0.25, -0.2) is 0 Å². The number of carbonyl (C=O) groups is 2. The molecule has 20 heavy (non-hydrogen) atoms. The fraction of sp³-hybridized carbons (Fsp3) is 0.875. The molecule has 1 heterocycles. The highest BCUT2D eigenvalue weighted by Gasteiger charge is 2.29. The van der Waals surface area contributed by atoms with Gasteiger partial charge in [-0.1, -0.05) is 27.2 Å². The minimum absolute atomic E-state index is 0.0950. The van der Waals surface area contributed by atoms with E-state index in [9.17, 15) is 9.59 Å². The lowest BCUT2D eigenvalue weighted by molar-refractivity contribution is -0.139. The van der Waals surface area contributed by atoms with E-state index in [4.69, 9.17) is 0 Å². The Morgan fingerprint density at radius 1 is 1.15 bits per heavy atom. The topological polar surface area (TPSA) is 49.4 Å². The van der Waals surface area contributed by atoms with E-state index < -0.39 is 0 Å². The fourth-order valence-electron chi connectivity index (χ4n) is 2.79. The molecule has 1 aliphatic heterocycles. The van der Waals surface area contributed by atoms with Gasteiger partial charge in [0.2, 0.25) is 11.8 Å². The van der Waals surface area contributed by atoms with Gasteiger partial charge in [-0.3, -0.25) is 9.59 Å². The Balaban J connectivity index is 2.35. The molecular weight excluding hydrogens is 252 g/mol. The number of rotatable bonds is 7. The van der Waals surface area contributed by atoms with Crippen molar-refractivity contribution in [3.8, 4) is 0 Å². The number of hydrogen-bond acceptors (Lipinski definition) is 2. The van der Waals surface area contributed by atoms with Gasteiger partial charge in [0.25, 0.3) is 0 Å². The number of unbranched alkanes of at least 4 members (excludes halogenated alkanes) is 1. The fourth-order valence-corrected chi connectivity index (χ4v) is 2.79. The van der Waals surface area contributed by atoms with Crippen molar-refractivity contribution in [2.75, 3.05) is 19.6 Å². The molecule has 0 aromatic rings. The first-order chi connectivity index (χ1) is 9.63. The predicted molar refractivity (Wildman–Crippen MR) is 81.3 cm³/mol. The Hall–Kier alpha value is -1.06. The summed E-state index contributed by atoms with van der Waals surface area (Å²) in [6.07, 6.45) is 5.58. The highest BCUT2D eigenvalue weighted by molar-refractivity contribution is 5.81. The lowest BCUT2D eigenvalue weighted by Crippen LogP contribution is -2.45. The van der Waals surface area contributed by atoms with Crippen molar-refractivity contribution in [3.63, 3.8) is 0 Å². The standard InChI is InChI=1S/C16H30N2O2/c1-4-7-10-17-15(19)14-8-11-18(12-9-14)16(20)13(5-2)6-3/h13-14H,4-12H2,1-3H3,(H,17,19). The van der Waals surface area contributed by atoms with Crippen LogP contribution < -0.4 is 5.32 Å².